The lowest BCUT2D eigenvalue weighted by Gasteiger charge is -2.40. The van der Waals surface area contributed by atoms with E-state index in [9.17, 15) is 9.18 Å². The first-order valence-electron chi connectivity index (χ1n) is 9.25. The van der Waals surface area contributed by atoms with Gasteiger partial charge in [-0.05, 0) is 32.2 Å². The molecule has 0 radical (unpaired) electrons. The third-order valence-corrected chi connectivity index (χ3v) is 5.45. The number of likely N-dealkylation sites (N-methyl/N-ethyl adjacent to an activating group) is 1. The third kappa shape index (κ3) is 3.12. The Hall–Kier alpha value is -2.67. The topological polar surface area (TPSA) is 46.3 Å². The minimum atomic E-state index is -0.349. The normalized spacial score (nSPS) is 18.4. The number of rotatable bonds is 3. The molecule has 3 heterocycles. The molecule has 1 atom stereocenters. The van der Waals surface area contributed by atoms with Crippen LogP contribution in [0.25, 0.3) is 10.9 Å². The van der Waals surface area contributed by atoms with Crippen LogP contribution in [0.1, 0.15) is 18.7 Å². The van der Waals surface area contributed by atoms with Crippen molar-refractivity contribution >= 4 is 16.6 Å². The average molecular weight is 369 g/mol. The molecule has 1 aliphatic heterocycles. The van der Waals surface area contributed by atoms with E-state index in [1.807, 2.05) is 36.9 Å². The van der Waals surface area contributed by atoms with Crippen LogP contribution in [0.5, 0.6) is 0 Å². The van der Waals surface area contributed by atoms with Crippen LogP contribution >= 0.6 is 0 Å². The summed E-state index contributed by atoms with van der Waals surface area (Å²) in [6.45, 7) is 4.93. The van der Waals surface area contributed by atoms with Crippen LogP contribution < -0.4 is 10.3 Å². The van der Waals surface area contributed by atoms with Crippen molar-refractivity contribution in [2.75, 3.05) is 31.6 Å². The van der Waals surface area contributed by atoms with Crippen LogP contribution in [0.2, 0.25) is 0 Å². The highest BCUT2D eigenvalue weighted by atomic mass is 19.1. The van der Waals surface area contributed by atoms with Gasteiger partial charge in [-0.1, -0.05) is 0 Å². The molecule has 27 heavy (non-hydrogen) atoms. The molecule has 0 amide bonds. The van der Waals surface area contributed by atoms with E-state index < -0.39 is 0 Å². The minimum absolute atomic E-state index is 0.0965. The van der Waals surface area contributed by atoms with Crippen LogP contribution in [0.3, 0.4) is 0 Å². The number of hydrogen-bond acceptors (Lipinski definition) is 4. The van der Waals surface area contributed by atoms with Gasteiger partial charge in [-0.15, -0.1) is 0 Å². The molecule has 2 aromatic heterocycles. The van der Waals surface area contributed by atoms with E-state index in [1.54, 1.807) is 10.9 Å². The molecule has 0 saturated carbocycles. The van der Waals surface area contributed by atoms with E-state index >= 15 is 0 Å². The van der Waals surface area contributed by atoms with Gasteiger partial charge in [0.2, 0.25) is 0 Å². The molecule has 0 N–H and O–H groups in total. The Balaban J connectivity index is 1.75. The average Bonchev–Trinajstić information content (AvgIpc) is 3.09. The summed E-state index contributed by atoms with van der Waals surface area (Å²) in [5, 5.41) is 4.96. The summed E-state index contributed by atoms with van der Waals surface area (Å²) in [5.41, 5.74) is 2.15. The van der Waals surface area contributed by atoms with Crippen LogP contribution in [-0.4, -0.2) is 45.9 Å². The summed E-state index contributed by atoms with van der Waals surface area (Å²) in [7, 11) is 3.97. The van der Waals surface area contributed by atoms with Gasteiger partial charge in [0.1, 0.15) is 5.82 Å². The second-order valence-electron chi connectivity index (χ2n) is 7.14. The lowest BCUT2D eigenvalue weighted by molar-refractivity contribution is 0.215. The zero-order chi connectivity index (χ0) is 19.1. The molecule has 1 aliphatic rings. The second kappa shape index (κ2) is 6.81. The number of halogens is 1. The Bertz CT molecular complexity index is 1040. The molecule has 1 aromatic carbocycles. The summed E-state index contributed by atoms with van der Waals surface area (Å²) in [5.74, 6) is -0.349. The Labute approximate surface area is 157 Å². The maximum atomic E-state index is 14.9. The van der Waals surface area contributed by atoms with Crippen molar-refractivity contribution in [3.05, 3.63) is 58.4 Å². The van der Waals surface area contributed by atoms with Crippen molar-refractivity contribution in [1.82, 2.24) is 19.2 Å². The third-order valence-electron chi connectivity index (χ3n) is 5.45. The van der Waals surface area contributed by atoms with Gasteiger partial charge in [-0.25, -0.2) is 4.39 Å². The van der Waals surface area contributed by atoms with Gasteiger partial charge in [0.15, 0.2) is 5.43 Å². The second-order valence-corrected chi connectivity index (χ2v) is 7.14. The number of nitrogens with zero attached hydrogens (tertiary/aromatic N) is 5. The molecular formula is C20H24FN5O. The number of aromatic nitrogens is 3. The number of piperazine rings is 1. The first-order chi connectivity index (χ1) is 13.0. The van der Waals surface area contributed by atoms with Crippen LogP contribution in [0, 0.1) is 5.82 Å². The lowest BCUT2D eigenvalue weighted by Crippen LogP contribution is -2.47. The van der Waals surface area contributed by atoms with E-state index in [1.165, 1.54) is 12.1 Å². The summed E-state index contributed by atoms with van der Waals surface area (Å²) < 4.78 is 18.7. The van der Waals surface area contributed by atoms with Gasteiger partial charge in [-0.3, -0.25) is 14.4 Å². The molecule has 7 heteroatoms. The summed E-state index contributed by atoms with van der Waals surface area (Å²) >= 11 is 0. The Morgan fingerprint density at radius 2 is 2.00 bits per heavy atom. The minimum Gasteiger partial charge on any atom is -0.366 e. The maximum absolute atomic E-state index is 14.9. The molecule has 0 spiro atoms. The molecule has 6 nitrogen and oxygen atoms in total. The molecule has 1 fully saturated rings. The Morgan fingerprint density at radius 1 is 1.19 bits per heavy atom. The molecular weight excluding hydrogens is 345 g/mol. The number of pyridine rings is 1. The lowest BCUT2D eigenvalue weighted by atomic mass is 10.1. The zero-order valence-electron chi connectivity index (χ0n) is 15.9. The van der Waals surface area contributed by atoms with E-state index in [0.29, 0.717) is 17.6 Å². The fourth-order valence-electron chi connectivity index (χ4n) is 3.85. The van der Waals surface area contributed by atoms with Gasteiger partial charge in [-0.2, -0.15) is 5.10 Å². The number of aryl methyl sites for hydroxylation is 2. The molecule has 1 saturated heterocycles. The predicted molar refractivity (Wildman–Crippen MR) is 105 cm³/mol. The zero-order valence-corrected chi connectivity index (χ0v) is 15.9. The van der Waals surface area contributed by atoms with Crippen LogP contribution in [0.15, 0.2) is 41.5 Å². The van der Waals surface area contributed by atoms with Crippen molar-refractivity contribution in [2.45, 2.75) is 19.5 Å². The molecule has 142 valence electrons. The van der Waals surface area contributed by atoms with Crippen molar-refractivity contribution < 1.29 is 4.39 Å². The highest BCUT2D eigenvalue weighted by Gasteiger charge is 2.29. The van der Waals surface area contributed by atoms with E-state index in [0.717, 1.165) is 30.8 Å². The van der Waals surface area contributed by atoms with Gasteiger partial charge in [0.25, 0.3) is 0 Å². The molecule has 3 aromatic rings. The Morgan fingerprint density at radius 3 is 2.70 bits per heavy atom. The number of fused-ring (bicyclic) bond motifs is 1. The highest BCUT2D eigenvalue weighted by molar-refractivity contribution is 5.83. The van der Waals surface area contributed by atoms with Crippen LogP contribution in [0.4, 0.5) is 10.1 Å². The predicted octanol–water partition coefficient (Wildman–Crippen LogP) is 2.39. The number of benzene rings is 1. The molecule has 4 rings (SSSR count). The van der Waals surface area contributed by atoms with E-state index in [2.05, 4.69) is 21.9 Å². The van der Waals surface area contributed by atoms with Crippen molar-refractivity contribution in [3.8, 4) is 0 Å². The van der Waals surface area contributed by atoms with Crippen molar-refractivity contribution in [2.24, 2.45) is 7.05 Å². The monoisotopic (exact) mass is 369 g/mol. The smallest absolute Gasteiger partial charge is 0.189 e. The number of anilines is 1. The van der Waals surface area contributed by atoms with Gasteiger partial charge < -0.3 is 9.47 Å². The number of hydrogen-bond donors (Lipinski definition) is 0. The van der Waals surface area contributed by atoms with Gasteiger partial charge in [0, 0.05) is 57.1 Å². The molecule has 0 aliphatic carbocycles. The maximum Gasteiger partial charge on any atom is 0.189 e. The largest absolute Gasteiger partial charge is 0.366 e. The fourth-order valence-corrected chi connectivity index (χ4v) is 3.85. The Kier molecular flexibility index (Phi) is 4.47. The molecule has 1 unspecified atom stereocenters. The van der Waals surface area contributed by atoms with Gasteiger partial charge >= 0.3 is 0 Å². The quantitative estimate of drug-likeness (QED) is 0.711. The van der Waals surface area contributed by atoms with Crippen LogP contribution in [-0.2, 0) is 13.6 Å². The molecule has 0 bridgehead atoms. The summed E-state index contributed by atoms with van der Waals surface area (Å²) in [6.07, 6.45) is 3.70. The van der Waals surface area contributed by atoms with E-state index in [-0.39, 0.29) is 17.3 Å². The fraction of sp³-hybridized carbons (Fsp3) is 0.400. The summed E-state index contributed by atoms with van der Waals surface area (Å²) in [4.78, 5) is 16.5. The standard InChI is InChI=1S/C20H24FN5O/c1-4-25-8-6-20(27)14-11-15(21)18(12-17(14)25)26-10-9-23(2)19(13-26)16-5-7-24(3)22-16/h5-8,11-12,19H,4,9-10,13H2,1-3H3. The first-order valence-corrected chi connectivity index (χ1v) is 9.25. The SMILES string of the molecule is CCn1ccc(=O)c2cc(F)c(N3CCN(C)C(c4ccn(C)n4)C3)cc21. The first kappa shape index (κ1) is 17.7. The van der Waals surface area contributed by atoms with Crippen molar-refractivity contribution in [3.63, 3.8) is 0 Å². The van der Waals surface area contributed by atoms with Crippen molar-refractivity contribution in [1.29, 1.82) is 0 Å². The van der Waals surface area contributed by atoms with E-state index in [4.69, 9.17) is 0 Å². The summed E-state index contributed by atoms with van der Waals surface area (Å²) in [6, 6.07) is 6.80. The van der Waals surface area contributed by atoms with Gasteiger partial charge in [0.05, 0.1) is 22.9 Å². The highest BCUT2D eigenvalue weighted by Crippen LogP contribution is 2.30.